The number of thioether (sulfide) groups is 1. The summed E-state index contributed by atoms with van der Waals surface area (Å²) < 4.78 is 0. The zero-order valence-corrected chi connectivity index (χ0v) is 14.0. The topological polar surface area (TPSA) is 77.8 Å². The number of para-hydroxylation sites is 1. The van der Waals surface area contributed by atoms with Crippen LogP contribution in [0.2, 0.25) is 0 Å². The van der Waals surface area contributed by atoms with Crippen molar-refractivity contribution in [1.82, 2.24) is 4.98 Å². The Kier molecular flexibility index (Phi) is 4.96. The maximum absolute atomic E-state index is 11.9. The lowest BCUT2D eigenvalue weighted by molar-refractivity contribution is -0.115. The van der Waals surface area contributed by atoms with Gasteiger partial charge in [0.2, 0.25) is 5.88 Å². The first-order chi connectivity index (χ1) is 11.6. The van der Waals surface area contributed by atoms with E-state index >= 15 is 0 Å². The Bertz CT molecular complexity index is 885. The SMILES string of the molecule is Cc1ccc(CSCC(=O)N=Nc2c(O)[nH]c3ccccc23)cc1. The first kappa shape index (κ1) is 16.3. The van der Waals surface area contributed by atoms with Crippen molar-refractivity contribution < 1.29 is 9.90 Å². The summed E-state index contributed by atoms with van der Waals surface area (Å²) in [5.41, 5.74) is 3.43. The van der Waals surface area contributed by atoms with E-state index in [4.69, 9.17) is 0 Å². The van der Waals surface area contributed by atoms with E-state index in [2.05, 4.69) is 39.5 Å². The van der Waals surface area contributed by atoms with Gasteiger partial charge in [0.25, 0.3) is 5.91 Å². The van der Waals surface area contributed by atoms with Crippen LogP contribution < -0.4 is 0 Å². The van der Waals surface area contributed by atoms with Gasteiger partial charge in [0.05, 0.1) is 11.3 Å². The largest absolute Gasteiger partial charge is 0.493 e. The summed E-state index contributed by atoms with van der Waals surface area (Å²) in [5, 5.41) is 18.2. The van der Waals surface area contributed by atoms with E-state index in [1.807, 2.05) is 31.2 Å². The summed E-state index contributed by atoms with van der Waals surface area (Å²) in [7, 11) is 0. The number of aryl methyl sites for hydroxylation is 1. The minimum atomic E-state index is -0.322. The van der Waals surface area contributed by atoms with Crippen molar-refractivity contribution in [3.8, 4) is 5.88 Å². The van der Waals surface area contributed by atoms with Crippen molar-refractivity contribution in [2.45, 2.75) is 12.7 Å². The number of benzene rings is 2. The number of hydrogen-bond donors (Lipinski definition) is 2. The van der Waals surface area contributed by atoms with Gasteiger partial charge in [-0.1, -0.05) is 48.0 Å². The van der Waals surface area contributed by atoms with Crippen molar-refractivity contribution in [1.29, 1.82) is 0 Å². The molecule has 0 atom stereocenters. The Morgan fingerprint density at radius 2 is 1.92 bits per heavy atom. The normalized spacial score (nSPS) is 11.4. The summed E-state index contributed by atoms with van der Waals surface area (Å²) in [5.74, 6) is 0.595. The average Bonchev–Trinajstić information content (AvgIpc) is 2.90. The molecule has 0 saturated heterocycles. The molecular formula is C18H17N3O2S. The third-order valence-corrected chi connectivity index (χ3v) is 4.52. The molecule has 1 heterocycles. The van der Waals surface area contributed by atoms with Crippen LogP contribution in [0.25, 0.3) is 10.9 Å². The molecule has 2 N–H and O–H groups in total. The number of carbonyl (C=O) groups is 1. The second-order valence-corrected chi connectivity index (χ2v) is 6.43. The van der Waals surface area contributed by atoms with E-state index in [1.165, 1.54) is 22.9 Å². The van der Waals surface area contributed by atoms with Gasteiger partial charge >= 0.3 is 0 Å². The quantitative estimate of drug-likeness (QED) is 0.660. The highest BCUT2D eigenvalue weighted by atomic mass is 32.2. The molecule has 0 aliphatic heterocycles. The maximum atomic E-state index is 11.9. The number of hydrogen-bond acceptors (Lipinski definition) is 4. The van der Waals surface area contributed by atoms with Crippen molar-refractivity contribution in [2.24, 2.45) is 10.2 Å². The van der Waals surface area contributed by atoms with E-state index in [1.54, 1.807) is 0 Å². The zero-order valence-electron chi connectivity index (χ0n) is 13.2. The van der Waals surface area contributed by atoms with Gasteiger partial charge in [-0.2, -0.15) is 0 Å². The Hall–Kier alpha value is -2.60. The lowest BCUT2D eigenvalue weighted by Crippen LogP contribution is -1.96. The van der Waals surface area contributed by atoms with Gasteiger partial charge in [-0.05, 0) is 18.6 Å². The fourth-order valence-electron chi connectivity index (χ4n) is 2.29. The molecule has 1 aromatic heterocycles. The van der Waals surface area contributed by atoms with Crippen molar-refractivity contribution >= 4 is 34.3 Å². The lowest BCUT2D eigenvalue weighted by atomic mass is 10.2. The van der Waals surface area contributed by atoms with Crippen LogP contribution in [-0.4, -0.2) is 21.8 Å². The highest BCUT2D eigenvalue weighted by Crippen LogP contribution is 2.35. The van der Waals surface area contributed by atoms with Crippen LogP contribution in [-0.2, 0) is 10.5 Å². The van der Waals surface area contributed by atoms with Crippen LogP contribution in [0.3, 0.4) is 0 Å². The Labute approximate surface area is 143 Å². The van der Waals surface area contributed by atoms with Gasteiger partial charge in [-0.25, -0.2) is 0 Å². The molecule has 3 aromatic rings. The minimum Gasteiger partial charge on any atom is -0.493 e. The molecule has 2 aromatic carbocycles. The third kappa shape index (κ3) is 3.83. The number of nitrogens with zero attached hydrogens (tertiary/aromatic N) is 2. The van der Waals surface area contributed by atoms with Crippen molar-refractivity contribution in [3.63, 3.8) is 0 Å². The molecule has 0 saturated carbocycles. The molecule has 1 amide bonds. The molecule has 0 spiro atoms. The number of carbonyl (C=O) groups excluding carboxylic acids is 1. The second kappa shape index (κ2) is 7.31. The highest BCUT2D eigenvalue weighted by Gasteiger charge is 2.10. The maximum Gasteiger partial charge on any atom is 0.274 e. The average molecular weight is 339 g/mol. The van der Waals surface area contributed by atoms with Crippen LogP contribution in [0.5, 0.6) is 5.88 Å². The fourth-order valence-corrected chi connectivity index (χ4v) is 3.05. The van der Waals surface area contributed by atoms with Gasteiger partial charge < -0.3 is 10.1 Å². The number of aromatic hydroxyl groups is 1. The predicted molar refractivity (Wildman–Crippen MR) is 96.8 cm³/mol. The monoisotopic (exact) mass is 339 g/mol. The Morgan fingerprint density at radius 3 is 2.71 bits per heavy atom. The van der Waals surface area contributed by atoms with E-state index in [9.17, 15) is 9.90 Å². The van der Waals surface area contributed by atoms with Crippen LogP contribution >= 0.6 is 11.8 Å². The summed E-state index contributed by atoms with van der Waals surface area (Å²) in [6, 6.07) is 15.6. The summed E-state index contributed by atoms with van der Waals surface area (Å²) in [6.07, 6.45) is 0. The van der Waals surface area contributed by atoms with Gasteiger partial charge in [0, 0.05) is 11.1 Å². The molecule has 3 rings (SSSR count). The smallest absolute Gasteiger partial charge is 0.274 e. The van der Waals surface area contributed by atoms with E-state index in [0.717, 1.165) is 16.7 Å². The van der Waals surface area contributed by atoms with Gasteiger partial charge in [0.15, 0.2) is 5.69 Å². The fraction of sp³-hybridized carbons (Fsp3) is 0.167. The van der Waals surface area contributed by atoms with E-state index in [-0.39, 0.29) is 17.5 Å². The Balaban J connectivity index is 1.58. The van der Waals surface area contributed by atoms with E-state index in [0.29, 0.717) is 5.69 Å². The van der Waals surface area contributed by atoms with Crippen LogP contribution in [0.15, 0.2) is 58.8 Å². The van der Waals surface area contributed by atoms with Crippen LogP contribution in [0.1, 0.15) is 11.1 Å². The minimum absolute atomic E-state index is 0.0833. The molecule has 0 bridgehead atoms. The Morgan fingerprint density at radius 1 is 1.17 bits per heavy atom. The van der Waals surface area contributed by atoms with Gasteiger partial charge in [0.1, 0.15) is 0 Å². The first-order valence-electron chi connectivity index (χ1n) is 7.51. The predicted octanol–water partition coefficient (Wildman–Crippen LogP) is 4.73. The number of nitrogens with one attached hydrogen (secondary N) is 1. The number of H-pyrrole nitrogens is 1. The number of fused-ring (bicyclic) bond motifs is 1. The van der Waals surface area contributed by atoms with Crippen molar-refractivity contribution in [2.75, 3.05) is 5.75 Å². The number of aromatic nitrogens is 1. The molecule has 24 heavy (non-hydrogen) atoms. The molecule has 0 radical (unpaired) electrons. The molecule has 6 heteroatoms. The standard InChI is InChI=1S/C18H17N3O2S/c1-12-6-8-13(9-7-12)10-24-11-16(22)20-21-17-14-4-2-3-5-15(14)19-18(17)23/h2-9,19,23H,10-11H2,1H3. The molecular weight excluding hydrogens is 322 g/mol. The lowest BCUT2D eigenvalue weighted by Gasteiger charge is -2.00. The zero-order chi connectivity index (χ0) is 16.9. The first-order valence-corrected chi connectivity index (χ1v) is 8.66. The third-order valence-electron chi connectivity index (χ3n) is 3.54. The number of aromatic amines is 1. The molecule has 122 valence electrons. The number of azo groups is 1. The van der Waals surface area contributed by atoms with Crippen molar-refractivity contribution in [3.05, 3.63) is 59.7 Å². The summed E-state index contributed by atoms with van der Waals surface area (Å²) in [6.45, 7) is 2.04. The van der Waals surface area contributed by atoms with E-state index < -0.39 is 0 Å². The second-order valence-electron chi connectivity index (χ2n) is 5.44. The van der Waals surface area contributed by atoms with Gasteiger partial charge in [-0.15, -0.1) is 22.0 Å². The number of amides is 1. The van der Waals surface area contributed by atoms with Crippen LogP contribution in [0, 0.1) is 6.92 Å². The summed E-state index contributed by atoms with van der Waals surface area (Å²) >= 11 is 1.49. The molecule has 0 unspecified atom stereocenters. The highest BCUT2D eigenvalue weighted by molar-refractivity contribution is 7.99. The number of rotatable bonds is 5. The molecule has 0 aliphatic rings. The van der Waals surface area contributed by atoms with Gasteiger partial charge in [-0.3, -0.25) is 4.79 Å². The van der Waals surface area contributed by atoms with Crippen LogP contribution in [0.4, 0.5) is 5.69 Å². The molecule has 5 nitrogen and oxygen atoms in total. The summed E-state index contributed by atoms with van der Waals surface area (Å²) in [4.78, 5) is 14.7. The molecule has 0 fully saturated rings. The molecule has 0 aliphatic carbocycles.